The maximum Gasteiger partial charge on any atom is 0.309 e. The summed E-state index contributed by atoms with van der Waals surface area (Å²) >= 11 is 0. The Balaban J connectivity index is 2.26. The summed E-state index contributed by atoms with van der Waals surface area (Å²) in [5.74, 6) is 0. The molecule has 0 unspecified atom stereocenters. The number of hydrogen-bond acceptors (Lipinski definition) is 4. The van der Waals surface area contributed by atoms with Crippen molar-refractivity contribution >= 4 is 11.4 Å². The summed E-state index contributed by atoms with van der Waals surface area (Å²) in [6, 6.07) is 16.0. The molecule has 0 saturated heterocycles. The monoisotopic (exact) mass is 253 g/mol. The number of nitriles is 1. The van der Waals surface area contributed by atoms with Gasteiger partial charge in [-0.15, -0.1) is 0 Å². The molecule has 2 rings (SSSR count). The van der Waals surface area contributed by atoms with Gasteiger partial charge in [0.25, 0.3) is 0 Å². The molecule has 0 fully saturated rings. The first kappa shape index (κ1) is 12.6. The normalized spacial score (nSPS) is 9.63. The lowest BCUT2D eigenvalue weighted by Gasteiger charge is -2.07. The zero-order chi connectivity index (χ0) is 13.7. The Hall–Kier alpha value is -2.87. The molecular formula is C14H11N3O2. The fourth-order valence-electron chi connectivity index (χ4n) is 1.77. The fourth-order valence-corrected chi connectivity index (χ4v) is 1.77. The van der Waals surface area contributed by atoms with Gasteiger partial charge in [-0.1, -0.05) is 36.4 Å². The largest absolute Gasteiger partial charge is 0.375 e. The Morgan fingerprint density at radius 1 is 1.16 bits per heavy atom. The Kier molecular flexibility index (Phi) is 3.74. The third-order valence-electron chi connectivity index (χ3n) is 2.66. The molecule has 1 N–H and O–H groups in total. The van der Waals surface area contributed by atoms with E-state index in [2.05, 4.69) is 5.32 Å². The van der Waals surface area contributed by atoms with Crippen LogP contribution >= 0.6 is 0 Å². The predicted octanol–water partition coefficient (Wildman–Crippen LogP) is 3.08. The third-order valence-corrected chi connectivity index (χ3v) is 2.66. The molecule has 5 nitrogen and oxygen atoms in total. The van der Waals surface area contributed by atoms with Gasteiger partial charge in [0.2, 0.25) is 0 Å². The summed E-state index contributed by atoms with van der Waals surface area (Å²) in [7, 11) is 0. The topological polar surface area (TPSA) is 79.0 Å². The van der Waals surface area contributed by atoms with Gasteiger partial charge < -0.3 is 5.32 Å². The zero-order valence-corrected chi connectivity index (χ0v) is 10.0. The van der Waals surface area contributed by atoms with E-state index in [9.17, 15) is 10.1 Å². The smallest absolute Gasteiger partial charge is 0.309 e. The van der Waals surface area contributed by atoms with Gasteiger partial charge in [-0.25, -0.2) is 0 Å². The minimum absolute atomic E-state index is 0.0584. The first-order valence-corrected chi connectivity index (χ1v) is 5.67. The van der Waals surface area contributed by atoms with Crippen LogP contribution in [0.2, 0.25) is 0 Å². The van der Waals surface area contributed by atoms with E-state index in [0.717, 1.165) is 5.56 Å². The molecule has 5 heteroatoms. The lowest BCUT2D eigenvalue weighted by Crippen LogP contribution is -2.03. The van der Waals surface area contributed by atoms with Crippen LogP contribution in [-0.2, 0) is 6.54 Å². The van der Waals surface area contributed by atoms with Crippen molar-refractivity contribution in [1.82, 2.24) is 0 Å². The van der Waals surface area contributed by atoms with E-state index < -0.39 is 4.92 Å². The van der Waals surface area contributed by atoms with E-state index in [-0.39, 0.29) is 11.3 Å². The Bertz CT molecular complexity index is 633. The van der Waals surface area contributed by atoms with Crippen molar-refractivity contribution in [3.8, 4) is 6.07 Å². The van der Waals surface area contributed by atoms with Crippen LogP contribution in [0.5, 0.6) is 0 Å². The van der Waals surface area contributed by atoms with Crippen LogP contribution in [0.3, 0.4) is 0 Å². The van der Waals surface area contributed by atoms with Crippen LogP contribution in [-0.4, -0.2) is 4.92 Å². The van der Waals surface area contributed by atoms with Gasteiger partial charge in [0, 0.05) is 6.54 Å². The van der Waals surface area contributed by atoms with Crippen molar-refractivity contribution in [3.05, 3.63) is 69.8 Å². The van der Waals surface area contributed by atoms with Crippen molar-refractivity contribution < 1.29 is 4.92 Å². The number of hydrogen-bond donors (Lipinski definition) is 1. The highest BCUT2D eigenvalue weighted by Crippen LogP contribution is 2.28. The van der Waals surface area contributed by atoms with Gasteiger partial charge in [0.1, 0.15) is 17.3 Å². The summed E-state index contributed by atoms with van der Waals surface area (Å²) < 4.78 is 0. The minimum Gasteiger partial charge on any atom is -0.375 e. The maximum atomic E-state index is 11.0. The van der Waals surface area contributed by atoms with Crippen LogP contribution in [0.15, 0.2) is 48.5 Å². The fraction of sp³-hybridized carbons (Fsp3) is 0.0714. The number of rotatable bonds is 4. The van der Waals surface area contributed by atoms with Gasteiger partial charge >= 0.3 is 5.69 Å². The standard InChI is InChI=1S/C14H11N3O2/c15-9-12-7-4-8-13(14(12)17(18)19)16-10-11-5-2-1-3-6-11/h1-8,16H,10H2. The first-order valence-electron chi connectivity index (χ1n) is 5.67. The van der Waals surface area contributed by atoms with E-state index in [0.29, 0.717) is 12.2 Å². The van der Waals surface area contributed by atoms with Gasteiger partial charge in [-0.05, 0) is 17.7 Å². The quantitative estimate of drug-likeness (QED) is 0.670. The van der Waals surface area contributed by atoms with Crippen LogP contribution in [0.4, 0.5) is 11.4 Å². The second-order valence-electron chi connectivity index (χ2n) is 3.91. The Labute approximate surface area is 110 Å². The molecule has 0 atom stereocenters. The van der Waals surface area contributed by atoms with Crippen molar-refractivity contribution in [2.24, 2.45) is 0 Å². The van der Waals surface area contributed by atoms with Crippen molar-refractivity contribution in [1.29, 1.82) is 5.26 Å². The average molecular weight is 253 g/mol. The molecular weight excluding hydrogens is 242 g/mol. The number of anilines is 1. The molecule has 0 saturated carbocycles. The molecule has 19 heavy (non-hydrogen) atoms. The zero-order valence-electron chi connectivity index (χ0n) is 10.0. The second kappa shape index (κ2) is 5.65. The summed E-state index contributed by atoms with van der Waals surface area (Å²) in [6.45, 7) is 0.469. The molecule has 94 valence electrons. The van der Waals surface area contributed by atoms with E-state index in [4.69, 9.17) is 5.26 Å². The Morgan fingerprint density at radius 3 is 2.53 bits per heavy atom. The van der Waals surface area contributed by atoms with E-state index in [1.807, 2.05) is 36.4 Å². The van der Waals surface area contributed by atoms with Crippen LogP contribution in [0.1, 0.15) is 11.1 Å². The van der Waals surface area contributed by atoms with Crippen molar-refractivity contribution in [3.63, 3.8) is 0 Å². The van der Waals surface area contributed by atoms with Gasteiger partial charge in [-0.3, -0.25) is 10.1 Å². The molecule has 0 bridgehead atoms. The predicted molar refractivity (Wildman–Crippen MR) is 71.6 cm³/mol. The molecule has 0 aliphatic carbocycles. The first-order chi connectivity index (χ1) is 9.22. The van der Waals surface area contributed by atoms with Crippen LogP contribution in [0, 0.1) is 21.4 Å². The van der Waals surface area contributed by atoms with E-state index in [1.54, 1.807) is 12.1 Å². The lowest BCUT2D eigenvalue weighted by molar-refractivity contribution is -0.384. The molecule has 0 aliphatic rings. The second-order valence-corrected chi connectivity index (χ2v) is 3.91. The van der Waals surface area contributed by atoms with Crippen molar-refractivity contribution in [2.45, 2.75) is 6.54 Å². The summed E-state index contributed by atoms with van der Waals surface area (Å²) in [5, 5.41) is 22.9. The summed E-state index contributed by atoms with van der Waals surface area (Å²) in [5.41, 5.74) is 1.25. The van der Waals surface area contributed by atoms with E-state index in [1.165, 1.54) is 6.07 Å². The molecule has 0 heterocycles. The minimum atomic E-state index is -0.536. The number of benzene rings is 2. The Morgan fingerprint density at radius 2 is 1.89 bits per heavy atom. The van der Waals surface area contributed by atoms with Gasteiger partial charge in [0.15, 0.2) is 0 Å². The van der Waals surface area contributed by atoms with Gasteiger partial charge in [-0.2, -0.15) is 5.26 Å². The van der Waals surface area contributed by atoms with Crippen LogP contribution < -0.4 is 5.32 Å². The SMILES string of the molecule is N#Cc1cccc(NCc2ccccc2)c1[N+](=O)[O-]. The molecule has 0 amide bonds. The number of para-hydroxylation sites is 1. The summed E-state index contributed by atoms with van der Waals surface area (Å²) in [6.07, 6.45) is 0. The third kappa shape index (κ3) is 2.87. The highest BCUT2D eigenvalue weighted by atomic mass is 16.6. The summed E-state index contributed by atoms with van der Waals surface area (Å²) in [4.78, 5) is 10.5. The number of nitro groups is 1. The molecule has 2 aromatic carbocycles. The van der Waals surface area contributed by atoms with Crippen molar-refractivity contribution in [2.75, 3.05) is 5.32 Å². The molecule has 0 spiro atoms. The van der Waals surface area contributed by atoms with Crippen LogP contribution in [0.25, 0.3) is 0 Å². The maximum absolute atomic E-state index is 11.0. The average Bonchev–Trinajstić information content (AvgIpc) is 2.45. The van der Waals surface area contributed by atoms with E-state index >= 15 is 0 Å². The molecule has 0 radical (unpaired) electrons. The number of nitrogens with one attached hydrogen (secondary N) is 1. The molecule has 0 aliphatic heterocycles. The molecule has 0 aromatic heterocycles. The highest BCUT2D eigenvalue weighted by Gasteiger charge is 2.18. The molecule has 2 aromatic rings. The van der Waals surface area contributed by atoms with Gasteiger partial charge in [0.05, 0.1) is 4.92 Å². The highest BCUT2D eigenvalue weighted by molar-refractivity contribution is 5.68. The number of nitrogens with zero attached hydrogens (tertiary/aromatic N) is 2. The lowest BCUT2D eigenvalue weighted by atomic mass is 10.1. The number of nitro benzene ring substituents is 1.